The number of aryl methyl sites for hydroxylation is 1. The monoisotopic (exact) mass is 226 g/mol. The molecule has 0 saturated carbocycles. The van der Waals surface area contributed by atoms with Crippen molar-refractivity contribution >= 4 is 34.5 Å². The molecule has 0 aromatic carbocycles. The molecule has 6 nitrogen and oxygen atoms in total. The predicted molar refractivity (Wildman–Crippen MR) is 59.5 cm³/mol. The summed E-state index contributed by atoms with van der Waals surface area (Å²) >= 11 is 5.62. The maximum Gasteiger partial charge on any atom is 0.224 e. The van der Waals surface area contributed by atoms with Gasteiger partial charge in [-0.3, -0.25) is 0 Å². The van der Waals surface area contributed by atoms with E-state index in [2.05, 4.69) is 15.0 Å². The van der Waals surface area contributed by atoms with Gasteiger partial charge in [0.15, 0.2) is 11.5 Å². The fourth-order valence-electron chi connectivity index (χ4n) is 1.38. The van der Waals surface area contributed by atoms with E-state index in [0.717, 1.165) is 13.0 Å². The van der Waals surface area contributed by atoms with E-state index >= 15 is 0 Å². The highest BCUT2D eigenvalue weighted by atomic mass is 35.5. The fraction of sp³-hybridized carbons (Fsp3) is 0.375. The molecule has 0 fully saturated rings. The Balaban J connectivity index is 2.49. The second kappa shape index (κ2) is 3.90. The molecule has 0 saturated heterocycles. The molecule has 0 unspecified atom stereocenters. The fourth-order valence-corrected chi connectivity index (χ4v) is 1.50. The van der Waals surface area contributed by atoms with Gasteiger partial charge in [0.25, 0.3) is 0 Å². The van der Waals surface area contributed by atoms with Crippen molar-refractivity contribution in [2.24, 2.45) is 0 Å². The van der Waals surface area contributed by atoms with Gasteiger partial charge in [0.1, 0.15) is 5.52 Å². The molecule has 15 heavy (non-hydrogen) atoms. The Morgan fingerprint density at radius 1 is 1.33 bits per heavy atom. The summed E-state index contributed by atoms with van der Waals surface area (Å²) in [6.45, 7) is 0.746. The minimum Gasteiger partial charge on any atom is -0.382 e. The van der Waals surface area contributed by atoms with Crippen LogP contribution in [0.1, 0.15) is 6.42 Å². The van der Waals surface area contributed by atoms with Crippen LogP contribution in [0.3, 0.4) is 0 Å². The summed E-state index contributed by atoms with van der Waals surface area (Å²) in [4.78, 5) is 12.1. The predicted octanol–water partition coefficient (Wildman–Crippen LogP) is 0.620. The molecule has 2 aromatic heterocycles. The number of nitrogen functional groups attached to an aromatic ring is 2. The van der Waals surface area contributed by atoms with E-state index in [-0.39, 0.29) is 5.95 Å². The van der Waals surface area contributed by atoms with E-state index < -0.39 is 0 Å². The van der Waals surface area contributed by atoms with Crippen LogP contribution in [0, 0.1) is 0 Å². The summed E-state index contributed by atoms with van der Waals surface area (Å²) in [5.74, 6) is 1.06. The third-order valence-corrected chi connectivity index (χ3v) is 2.31. The van der Waals surface area contributed by atoms with Gasteiger partial charge in [0.2, 0.25) is 5.95 Å². The van der Waals surface area contributed by atoms with Crippen LogP contribution in [0.4, 0.5) is 11.8 Å². The standard InChI is InChI=1S/C8H11ClN6/c9-2-1-3-15-4-12-5-6(10)13-8(11)14-7(5)15/h4H,1-3H2,(H4,10,11,13,14). The molecule has 0 aliphatic carbocycles. The molecule has 0 aliphatic heterocycles. The molecule has 80 valence electrons. The van der Waals surface area contributed by atoms with Crippen molar-refractivity contribution in [3.8, 4) is 0 Å². The molecule has 0 aliphatic rings. The number of alkyl halides is 1. The van der Waals surface area contributed by atoms with Crippen molar-refractivity contribution in [1.29, 1.82) is 0 Å². The summed E-state index contributed by atoms with van der Waals surface area (Å²) in [7, 11) is 0. The lowest BCUT2D eigenvalue weighted by Crippen LogP contribution is -2.03. The van der Waals surface area contributed by atoms with Crippen molar-refractivity contribution in [3.05, 3.63) is 6.33 Å². The number of rotatable bonds is 3. The second-order valence-corrected chi connectivity index (χ2v) is 3.50. The first-order chi connectivity index (χ1) is 7.22. The number of aromatic nitrogens is 4. The van der Waals surface area contributed by atoms with E-state index in [1.165, 1.54) is 0 Å². The Bertz CT molecular complexity index is 479. The zero-order valence-electron chi connectivity index (χ0n) is 8.02. The minimum absolute atomic E-state index is 0.160. The summed E-state index contributed by atoms with van der Waals surface area (Å²) in [6, 6.07) is 0. The smallest absolute Gasteiger partial charge is 0.224 e. The van der Waals surface area contributed by atoms with Crippen LogP contribution in [-0.2, 0) is 6.54 Å². The van der Waals surface area contributed by atoms with E-state index in [1.807, 2.05) is 4.57 Å². The maximum absolute atomic E-state index is 5.67. The zero-order chi connectivity index (χ0) is 10.8. The van der Waals surface area contributed by atoms with Crippen LogP contribution in [0.2, 0.25) is 0 Å². The first kappa shape index (κ1) is 9.97. The Hall–Kier alpha value is -1.56. The van der Waals surface area contributed by atoms with Crippen molar-refractivity contribution in [1.82, 2.24) is 19.5 Å². The molecule has 7 heteroatoms. The third kappa shape index (κ3) is 1.80. The van der Waals surface area contributed by atoms with Crippen molar-refractivity contribution in [3.63, 3.8) is 0 Å². The minimum atomic E-state index is 0.160. The van der Waals surface area contributed by atoms with Gasteiger partial charge < -0.3 is 16.0 Å². The van der Waals surface area contributed by atoms with E-state index in [4.69, 9.17) is 23.1 Å². The summed E-state index contributed by atoms with van der Waals surface area (Å²) in [5.41, 5.74) is 12.4. The second-order valence-electron chi connectivity index (χ2n) is 3.12. The lowest BCUT2D eigenvalue weighted by atomic mass is 10.4. The number of nitrogens with two attached hydrogens (primary N) is 2. The number of hydrogen-bond donors (Lipinski definition) is 2. The number of imidazole rings is 1. The largest absolute Gasteiger partial charge is 0.382 e. The van der Waals surface area contributed by atoms with Crippen molar-refractivity contribution in [2.75, 3.05) is 17.3 Å². The number of nitrogens with zero attached hydrogens (tertiary/aromatic N) is 4. The molecule has 0 radical (unpaired) electrons. The molecule has 0 amide bonds. The highest BCUT2D eigenvalue weighted by Gasteiger charge is 2.09. The maximum atomic E-state index is 5.67. The third-order valence-electron chi connectivity index (χ3n) is 2.04. The van der Waals surface area contributed by atoms with Gasteiger partial charge in [-0.15, -0.1) is 11.6 Å². The number of anilines is 2. The number of halogens is 1. The summed E-state index contributed by atoms with van der Waals surface area (Å²) < 4.78 is 1.87. The highest BCUT2D eigenvalue weighted by molar-refractivity contribution is 6.17. The first-order valence-corrected chi connectivity index (χ1v) is 5.05. The van der Waals surface area contributed by atoms with Crippen LogP contribution >= 0.6 is 11.6 Å². The van der Waals surface area contributed by atoms with E-state index in [0.29, 0.717) is 22.9 Å². The molecule has 0 bridgehead atoms. The Labute approximate surface area is 91.3 Å². The Morgan fingerprint density at radius 2 is 2.13 bits per heavy atom. The Kier molecular flexibility index (Phi) is 2.59. The van der Waals surface area contributed by atoms with E-state index in [1.54, 1.807) is 6.33 Å². The van der Waals surface area contributed by atoms with Crippen LogP contribution < -0.4 is 11.5 Å². The molecular weight excluding hydrogens is 216 g/mol. The molecule has 4 N–H and O–H groups in total. The van der Waals surface area contributed by atoms with Gasteiger partial charge in [-0.25, -0.2) is 4.98 Å². The number of hydrogen-bond acceptors (Lipinski definition) is 5. The molecular formula is C8H11ClN6. The van der Waals surface area contributed by atoms with Gasteiger partial charge in [-0.05, 0) is 6.42 Å². The first-order valence-electron chi connectivity index (χ1n) is 4.52. The molecule has 2 aromatic rings. The normalized spacial score (nSPS) is 11.0. The van der Waals surface area contributed by atoms with Gasteiger partial charge in [-0.1, -0.05) is 0 Å². The van der Waals surface area contributed by atoms with Gasteiger partial charge in [-0.2, -0.15) is 9.97 Å². The van der Waals surface area contributed by atoms with Crippen molar-refractivity contribution < 1.29 is 0 Å². The molecule has 2 rings (SSSR count). The van der Waals surface area contributed by atoms with Gasteiger partial charge in [0, 0.05) is 12.4 Å². The average Bonchev–Trinajstić information content (AvgIpc) is 2.58. The molecule has 0 spiro atoms. The van der Waals surface area contributed by atoms with Gasteiger partial charge >= 0.3 is 0 Å². The van der Waals surface area contributed by atoms with Crippen LogP contribution in [-0.4, -0.2) is 25.4 Å². The number of fused-ring (bicyclic) bond motifs is 1. The SMILES string of the molecule is Nc1nc(N)c2ncn(CCCCl)c2n1. The average molecular weight is 227 g/mol. The van der Waals surface area contributed by atoms with E-state index in [9.17, 15) is 0 Å². The lowest BCUT2D eigenvalue weighted by molar-refractivity contribution is 0.695. The summed E-state index contributed by atoms with van der Waals surface area (Å²) in [6.07, 6.45) is 2.51. The quantitative estimate of drug-likeness (QED) is 0.748. The lowest BCUT2D eigenvalue weighted by Gasteiger charge is -2.02. The van der Waals surface area contributed by atoms with Crippen molar-refractivity contribution in [2.45, 2.75) is 13.0 Å². The molecule has 2 heterocycles. The summed E-state index contributed by atoms with van der Waals surface area (Å²) in [5, 5.41) is 0. The van der Waals surface area contributed by atoms with Gasteiger partial charge in [0.05, 0.1) is 6.33 Å². The van der Waals surface area contributed by atoms with Crippen LogP contribution in [0.5, 0.6) is 0 Å². The zero-order valence-corrected chi connectivity index (χ0v) is 8.78. The van der Waals surface area contributed by atoms with Crippen LogP contribution in [0.25, 0.3) is 11.2 Å². The van der Waals surface area contributed by atoms with Crippen LogP contribution in [0.15, 0.2) is 6.33 Å². The Morgan fingerprint density at radius 3 is 2.87 bits per heavy atom. The highest BCUT2D eigenvalue weighted by Crippen LogP contribution is 2.16. The molecule has 0 atom stereocenters. The topological polar surface area (TPSA) is 95.6 Å².